The van der Waals surface area contributed by atoms with E-state index in [2.05, 4.69) is 20.6 Å². The second-order valence-electron chi connectivity index (χ2n) is 8.20. The largest absolute Gasteiger partial charge is 0.493 e. The van der Waals surface area contributed by atoms with Gasteiger partial charge in [0.2, 0.25) is 14.9 Å². The molecule has 0 bridgehead atoms. The SMILES string of the molecule is COc1ccc(Nc2nc3c(S(=O)(=O)c4ccc(C)c(C)c4)nnn3c3ccc(Cl)cc23)cc1OC. The van der Waals surface area contributed by atoms with Crippen LogP contribution in [0.25, 0.3) is 16.6 Å². The van der Waals surface area contributed by atoms with Gasteiger partial charge in [0.05, 0.1) is 24.6 Å². The molecule has 0 fully saturated rings. The fraction of sp³-hybridized carbons (Fsp3) is 0.160. The maximum absolute atomic E-state index is 13.6. The Kier molecular flexibility index (Phi) is 5.93. The van der Waals surface area contributed by atoms with Gasteiger partial charge in [-0.1, -0.05) is 22.9 Å². The molecule has 0 unspecified atom stereocenters. The number of anilines is 2. The van der Waals surface area contributed by atoms with Crippen LogP contribution in [0.4, 0.5) is 11.5 Å². The predicted octanol–water partition coefficient (Wildman–Crippen LogP) is 5.14. The van der Waals surface area contributed by atoms with E-state index in [9.17, 15) is 8.42 Å². The summed E-state index contributed by atoms with van der Waals surface area (Å²) in [6, 6.07) is 15.4. The number of methoxy groups -OCH3 is 2. The van der Waals surface area contributed by atoms with Gasteiger partial charge in [-0.05, 0) is 67.4 Å². The van der Waals surface area contributed by atoms with Crippen LogP contribution in [0.15, 0.2) is 64.5 Å². The second-order valence-corrected chi connectivity index (χ2v) is 10.5. The third-order valence-corrected chi connectivity index (χ3v) is 7.85. The standard InChI is InChI=1S/C25H22ClN5O4S/c1-14-5-8-18(11-15(14)2)36(32,33)25-24-28-23(27-17-7-10-21(34-3)22(13-17)35-4)19-12-16(26)6-9-20(19)31(24)30-29-25/h5-13H,1-4H3,(H,27,28). The summed E-state index contributed by atoms with van der Waals surface area (Å²) in [6.45, 7) is 3.78. The van der Waals surface area contributed by atoms with E-state index in [0.29, 0.717) is 38.9 Å². The van der Waals surface area contributed by atoms with Crippen molar-refractivity contribution in [3.8, 4) is 11.5 Å². The monoisotopic (exact) mass is 523 g/mol. The van der Waals surface area contributed by atoms with Crippen LogP contribution in [-0.2, 0) is 9.84 Å². The molecule has 0 saturated heterocycles. The van der Waals surface area contributed by atoms with Crippen LogP contribution >= 0.6 is 11.6 Å². The number of halogens is 1. The van der Waals surface area contributed by atoms with Crippen molar-refractivity contribution >= 4 is 49.5 Å². The van der Waals surface area contributed by atoms with Gasteiger partial charge < -0.3 is 14.8 Å². The molecule has 2 aromatic heterocycles. The Balaban J connectivity index is 1.72. The minimum atomic E-state index is -3.99. The molecule has 0 aliphatic heterocycles. The van der Waals surface area contributed by atoms with E-state index in [1.54, 1.807) is 68.8 Å². The molecule has 0 radical (unpaired) electrons. The van der Waals surface area contributed by atoms with E-state index in [1.165, 1.54) is 4.52 Å². The van der Waals surface area contributed by atoms with Crippen molar-refractivity contribution in [1.29, 1.82) is 0 Å². The molecule has 0 atom stereocenters. The van der Waals surface area contributed by atoms with Gasteiger partial charge in [-0.15, -0.1) is 5.10 Å². The number of ether oxygens (including phenoxy) is 2. The first-order valence-electron chi connectivity index (χ1n) is 10.9. The van der Waals surface area contributed by atoms with E-state index >= 15 is 0 Å². The predicted molar refractivity (Wildman–Crippen MR) is 137 cm³/mol. The zero-order valence-electron chi connectivity index (χ0n) is 19.9. The molecule has 2 heterocycles. The van der Waals surface area contributed by atoms with E-state index in [4.69, 9.17) is 21.1 Å². The Morgan fingerprint density at radius 2 is 1.69 bits per heavy atom. The first kappa shape index (κ1) is 23.8. The number of hydrogen-bond acceptors (Lipinski definition) is 8. The number of aromatic nitrogens is 4. The molecule has 0 aliphatic carbocycles. The van der Waals surface area contributed by atoms with Crippen LogP contribution < -0.4 is 14.8 Å². The van der Waals surface area contributed by atoms with Crippen LogP contribution in [0.5, 0.6) is 11.5 Å². The Labute approximate surface area is 212 Å². The number of fused-ring (bicyclic) bond motifs is 3. The van der Waals surface area contributed by atoms with Gasteiger partial charge in [0.1, 0.15) is 5.82 Å². The average Bonchev–Trinajstić information content (AvgIpc) is 3.30. The summed E-state index contributed by atoms with van der Waals surface area (Å²) in [5.74, 6) is 1.47. The fourth-order valence-corrected chi connectivity index (χ4v) is 5.37. The number of nitrogens with zero attached hydrogens (tertiary/aromatic N) is 4. The number of benzene rings is 3. The van der Waals surface area contributed by atoms with Gasteiger partial charge in [0, 0.05) is 22.2 Å². The summed E-state index contributed by atoms with van der Waals surface area (Å²) in [4.78, 5) is 4.77. The third-order valence-electron chi connectivity index (χ3n) is 5.97. The lowest BCUT2D eigenvalue weighted by molar-refractivity contribution is 0.355. The minimum absolute atomic E-state index is 0.0889. The van der Waals surface area contributed by atoms with Gasteiger partial charge in [-0.2, -0.15) is 4.52 Å². The van der Waals surface area contributed by atoms with Crippen LogP contribution in [0.2, 0.25) is 5.02 Å². The van der Waals surface area contributed by atoms with Crippen molar-refractivity contribution in [2.24, 2.45) is 0 Å². The molecule has 0 spiro atoms. The van der Waals surface area contributed by atoms with Gasteiger partial charge in [0.15, 0.2) is 17.1 Å². The van der Waals surface area contributed by atoms with E-state index < -0.39 is 9.84 Å². The number of sulfone groups is 1. The van der Waals surface area contributed by atoms with Crippen molar-refractivity contribution < 1.29 is 17.9 Å². The summed E-state index contributed by atoms with van der Waals surface area (Å²) in [5, 5.41) is 12.3. The molecule has 5 aromatic rings. The second kappa shape index (κ2) is 8.96. The Bertz CT molecular complexity index is 1750. The number of nitrogens with one attached hydrogen (secondary N) is 1. The maximum atomic E-state index is 13.6. The van der Waals surface area contributed by atoms with E-state index in [-0.39, 0.29) is 15.6 Å². The number of hydrogen-bond donors (Lipinski definition) is 1. The minimum Gasteiger partial charge on any atom is -0.493 e. The topological polar surface area (TPSA) is 108 Å². The molecule has 184 valence electrons. The molecule has 0 aliphatic rings. The van der Waals surface area contributed by atoms with Crippen LogP contribution in [0.1, 0.15) is 11.1 Å². The third kappa shape index (κ3) is 3.98. The van der Waals surface area contributed by atoms with Crippen LogP contribution in [0, 0.1) is 13.8 Å². The Morgan fingerprint density at radius 1 is 0.917 bits per heavy atom. The van der Waals surface area contributed by atoms with Crippen molar-refractivity contribution in [2.45, 2.75) is 23.8 Å². The molecule has 0 saturated carbocycles. The zero-order valence-corrected chi connectivity index (χ0v) is 21.5. The van der Waals surface area contributed by atoms with E-state index in [1.807, 2.05) is 13.8 Å². The lowest BCUT2D eigenvalue weighted by Gasteiger charge is -2.13. The highest BCUT2D eigenvalue weighted by atomic mass is 35.5. The lowest BCUT2D eigenvalue weighted by Crippen LogP contribution is -2.06. The highest BCUT2D eigenvalue weighted by Crippen LogP contribution is 2.34. The molecule has 36 heavy (non-hydrogen) atoms. The highest BCUT2D eigenvalue weighted by Gasteiger charge is 2.27. The van der Waals surface area contributed by atoms with E-state index in [0.717, 1.165) is 11.1 Å². The molecule has 1 N–H and O–H groups in total. The maximum Gasteiger partial charge on any atom is 0.229 e. The van der Waals surface area contributed by atoms with Crippen molar-refractivity contribution in [3.05, 3.63) is 70.7 Å². The van der Waals surface area contributed by atoms with Crippen molar-refractivity contribution in [3.63, 3.8) is 0 Å². The first-order chi connectivity index (χ1) is 17.2. The first-order valence-corrected chi connectivity index (χ1v) is 12.7. The molecule has 11 heteroatoms. The quantitative estimate of drug-likeness (QED) is 0.326. The van der Waals surface area contributed by atoms with Crippen LogP contribution in [0.3, 0.4) is 0 Å². The number of aryl methyl sites for hydroxylation is 2. The summed E-state index contributed by atoms with van der Waals surface area (Å²) < 4.78 is 39.2. The number of rotatable bonds is 6. The summed E-state index contributed by atoms with van der Waals surface area (Å²) in [7, 11) is -0.895. The molecular formula is C25H22ClN5O4S. The molecular weight excluding hydrogens is 502 g/mol. The summed E-state index contributed by atoms with van der Waals surface area (Å²) in [5.41, 5.74) is 3.17. The summed E-state index contributed by atoms with van der Waals surface area (Å²) in [6.07, 6.45) is 0. The van der Waals surface area contributed by atoms with Gasteiger partial charge in [-0.3, -0.25) is 0 Å². The fourth-order valence-electron chi connectivity index (χ4n) is 3.88. The van der Waals surface area contributed by atoms with Crippen molar-refractivity contribution in [2.75, 3.05) is 19.5 Å². The lowest BCUT2D eigenvalue weighted by atomic mass is 10.1. The van der Waals surface area contributed by atoms with Gasteiger partial charge in [-0.25, -0.2) is 13.4 Å². The smallest absolute Gasteiger partial charge is 0.229 e. The summed E-state index contributed by atoms with van der Waals surface area (Å²) >= 11 is 6.28. The Morgan fingerprint density at radius 3 is 2.42 bits per heavy atom. The van der Waals surface area contributed by atoms with Gasteiger partial charge in [0.25, 0.3) is 0 Å². The highest BCUT2D eigenvalue weighted by molar-refractivity contribution is 7.91. The van der Waals surface area contributed by atoms with Gasteiger partial charge >= 0.3 is 0 Å². The van der Waals surface area contributed by atoms with Crippen molar-refractivity contribution in [1.82, 2.24) is 19.8 Å². The molecule has 5 rings (SSSR count). The normalized spacial score (nSPS) is 11.7. The molecule has 0 amide bonds. The van der Waals surface area contributed by atoms with Crippen LogP contribution in [-0.4, -0.2) is 42.4 Å². The molecule has 9 nitrogen and oxygen atoms in total. The Hall–Kier alpha value is -3.89. The zero-order chi connectivity index (χ0) is 25.6. The average molecular weight is 524 g/mol. The molecule has 3 aromatic carbocycles.